The van der Waals surface area contributed by atoms with Crippen molar-refractivity contribution in [3.05, 3.63) is 46.2 Å². The maximum Gasteiger partial charge on any atom is 0.344 e. The van der Waals surface area contributed by atoms with E-state index in [0.717, 1.165) is 0 Å². The number of benzene rings is 1. The van der Waals surface area contributed by atoms with Crippen LogP contribution < -0.4 is 5.48 Å². The Hall–Kier alpha value is -2.06. The normalized spacial score (nSPS) is 15.2. The molecule has 0 aromatic heterocycles. The van der Waals surface area contributed by atoms with Crippen LogP contribution in [0.2, 0.25) is 10.0 Å². The molecule has 9 heteroatoms. The van der Waals surface area contributed by atoms with E-state index in [2.05, 4.69) is 0 Å². The number of esters is 1. The van der Waals surface area contributed by atoms with E-state index in [4.69, 9.17) is 42.4 Å². The van der Waals surface area contributed by atoms with Crippen LogP contribution in [-0.4, -0.2) is 43.9 Å². The fraction of sp³-hybridized carbons (Fsp3) is 0.333. The Morgan fingerprint density at radius 1 is 1.26 bits per heavy atom. The molecule has 2 rings (SSSR count). The van der Waals surface area contributed by atoms with Crippen molar-refractivity contribution >= 4 is 46.3 Å². The molecule has 0 radical (unpaired) electrons. The smallest absolute Gasteiger partial charge is 0.344 e. The summed E-state index contributed by atoms with van der Waals surface area (Å²) < 4.78 is 12.1. The minimum Gasteiger partial charge on any atom is -0.475 e. The third kappa shape index (κ3) is 5.46. The predicted octanol–water partition coefficient (Wildman–Crippen LogP) is 2.82. The highest BCUT2D eigenvalue weighted by Gasteiger charge is 2.31. The zero-order valence-corrected chi connectivity index (χ0v) is 16.8. The van der Waals surface area contributed by atoms with Crippen LogP contribution in [0, 0.1) is 0 Å². The third-order valence-corrected chi connectivity index (χ3v) is 4.31. The van der Waals surface area contributed by atoms with E-state index in [1.807, 2.05) is 12.2 Å². The second-order valence-corrected chi connectivity index (χ2v) is 6.17. The summed E-state index contributed by atoms with van der Waals surface area (Å²) in [5, 5.41) is 0.759. The van der Waals surface area contributed by atoms with Gasteiger partial charge in [0.25, 0.3) is 5.71 Å². The Bertz CT molecular complexity index is 790. The van der Waals surface area contributed by atoms with Crippen LogP contribution in [0.5, 0.6) is 0 Å². The SMILES string of the molecule is CCOC(=O)COC1=CC=CC/C1=[N+](/OC)c1cc(Cl)c(Cl)cc1[NH2+]OC. The summed E-state index contributed by atoms with van der Waals surface area (Å²) in [4.78, 5) is 22.4. The van der Waals surface area contributed by atoms with Crippen LogP contribution in [0.3, 0.4) is 0 Å². The molecule has 1 aromatic carbocycles. The number of nitrogens with zero attached hydrogens (tertiary/aromatic N) is 1. The fourth-order valence-corrected chi connectivity index (χ4v) is 2.82. The van der Waals surface area contributed by atoms with Crippen molar-refractivity contribution in [1.29, 1.82) is 0 Å². The average molecular weight is 417 g/mol. The van der Waals surface area contributed by atoms with E-state index >= 15 is 0 Å². The molecule has 0 spiro atoms. The van der Waals surface area contributed by atoms with Crippen molar-refractivity contribution in [2.24, 2.45) is 0 Å². The zero-order valence-electron chi connectivity index (χ0n) is 15.3. The van der Waals surface area contributed by atoms with Gasteiger partial charge in [-0.25, -0.2) is 9.63 Å². The van der Waals surface area contributed by atoms with E-state index < -0.39 is 5.97 Å². The van der Waals surface area contributed by atoms with Gasteiger partial charge in [-0.1, -0.05) is 35.4 Å². The fourth-order valence-electron chi connectivity index (χ4n) is 2.49. The summed E-state index contributed by atoms with van der Waals surface area (Å²) in [6.45, 7) is 1.83. The van der Waals surface area contributed by atoms with Crippen LogP contribution in [0.25, 0.3) is 0 Å². The van der Waals surface area contributed by atoms with Gasteiger partial charge in [0, 0.05) is 16.9 Å². The first-order valence-corrected chi connectivity index (χ1v) is 8.98. The second-order valence-electron chi connectivity index (χ2n) is 5.36. The first-order valence-electron chi connectivity index (χ1n) is 8.22. The molecule has 1 aliphatic carbocycles. The van der Waals surface area contributed by atoms with Gasteiger partial charge in [-0.15, -0.1) is 0 Å². The largest absolute Gasteiger partial charge is 0.475 e. The summed E-state index contributed by atoms with van der Waals surface area (Å²) in [7, 11) is 3.06. The lowest BCUT2D eigenvalue weighted by molar-refractivity contribution is -0.835. The quantitative estimate of drug-likeness (QED) is 0.305. The first-order chi connectivity index (χ1) is 13.0. The van der Waals surface area contributed by atoms with Gasteiger partial charge in [-0.05, 0) is 13.0 Å². The molecule has 0 unspecified atom stereocenters. The summed E-state index contributed by atoms with van der Waals surface area (Å²) in [5.74, 6) is 0.0426. The van der Waals surface area contributed by atoms with Gasteiger partial charge in [0.2, 0.25) is 5.69 Å². The predicted molar refractivity (Wildman–Crippen MR) is 101 cm³/mol. The van der Waals surface area contributed by atoms with E-state index in [-0.39, 0.29) is 6.61 Å². The molecule has 7 nitrogen and oxygen atoms in total. The number of quaternary nitrogens is 1. The maximum absolute atomic E-state index is 11.6. The van der Waals surface area contributed by atoms with Crippen LogP contribution in [-0.2, 0) is 23.9 Å². The molecule has 0 saturated heterocycles. The van der Waals surface area contributed by atoms with Crippen molar-refractivity contribution in [2.75, 3.05) is 27.4 Å². The Kier molecular flexibility index (Phi) is 8.12. The lowest BCUT2D eigenvalue weighted by Crippen LogP contribution is -2.76. The molecule has 146 valence electrons. The molecular formula is C18H22Cl2N2O5+2. The van der Waals surface area contributed by atoms with Crippen LogP contribution >= 0.6 is 23.2 Å². The van der Waals surface area contributed by atoms with Crippen LogP contribution in [0.15, 0.2) is 36.1 Å². The Morgan fingerprint density at radius 3 is 2.67 bits per heavy atom. The van der Waals surface area contributed by atoms with E-state index in [0.29, 0.717) is 45.9 Å². The molecule has 1 aromatic rings. The lowest BCUT2D eigenvalue weighted by atomic mass is 10.1. The topological polar surface area (TPSA) is 73.6 Å². The van der Waals surface area contributed by atoms with Crippen LogP contribution in [0.4, 0.5) is 11.4 Å². The average Bonchev–Trinajstić information content (AvgIpc) is 2.65. The van der Waals surface area contributed by atoms with Gasteiger partial charge in [-0.2, -0.15) is 5.48 Å². The number of carbonyl (C=O) groups is 1. The van der Waals surface area contributed by atoms with Gasteiger partial charge in [0.05, 0.1) is 30.2 Å². The van der Waals surface area contributed by atoms with E-state index in [1.165, 1.54) is 19.7 Å². The first kappa shape index (κ1) is 21.2. The van der Waals surface area contributed by atoms with Crippen molar-refractivity contribution < 1.29 is 34.2 Å². The summed E-state index contributed by atoms with van der Waals surface area (Å²) in [6, 6.07) is 3.35. The van der Waals surface area contributed by atoms with Gasteiger partial charge >= 0.3 is 11.7 Å². The Balaban J connectivity index is 2.44. The molecule has 1 aliphatic rings. The lowest BCUT2D eigenvalue weighted by Gasteiger charge is -2.13. The van der Waals surface area contributed by atoms with Gasteiger partial charge in [0.15, 0.2) is 12.4 Å². The molecule has 0 aliphatic heterocycles. The van der Waals surface area contributed by atoms with Crippen molar-refractivity contribution in [1.82, 2.24) is 0 Å². The number of rotatable bonds is 8. The molecule has 0 atom stereocenters. The highest BCUT2D eigenvalue weighted by molar-refractivity contribution is 6.42. The van der Waals surface area contributed by atoms with E-state index in [9.17, 15) is 4.79 Å². The number of hydrogen-bond acceptors (Lipinski definition) is 5. The Morgan fingerprint density at radius 2 is 2.00 bits per heavy atom. The molecule has 0 fully saturated rings. The van der Waals surface area contributed by atoms with Gasteiger partial charge in [0.1, 0.15) is 7.11 Å². The molecule has 0 amide bonds. The van der Waals surface area contributed by atoms with Crippen molar-refractivity contribution in [3.63, 3.8) is 0 Å². The van der Waals surface area contributed by atoms with Crippen molar-refractivity contribution in [3.8, 4) is 0 Å². The molecule has 0 heterocycles. The number of ether oxygens (including phenoxy) is 2. The Labute approximate surface area is 167 Å². The van der Waals surface area contributed by atoms with Crippen LogP contribution in [0.1, 0.15) is 13.3 Å². The summed E-state index contributed by atoms with van der Waals surface area (Å²) >= 11 is 12.3. The monoisotopic (exact) mass is 416 g/mol. The van der Waals surface area contributed by atoms with Gasteiger partial charge < -0.3 is 9.47 Å². The summed E-state index contributed by atoms with van der Waals surface area (Å²) in [5.41, 5.74) is 3.50. The number of allylic oxidation sites excluding steroid dienone is 4. The standard InChI is InChI=1S/C18H21Cl2N2O5/c1-4-26-18(23)11-27-17-8-6-5-7-15(17)22(25-3)16-10-13(20)12(19)9-14(16)21-24-2/h5-6,8-10,21H,4,7,11H2,1-3H3/q+1/p+1/b22-15-. The molecule has 27 heavy (non-hydrogen) atoms. The highest BCUT2D eigenvalue weighted by atomic mass is 35.5. The third-order valence-electron chi connectivity index (χ3n) is 3.59. The minimum absolute atomic E-state index is 0.201. The number of nitrogens with two attached hydrogens (primary N) is 1. The number of hydrogen-bond donors (Lipinski definition) is 1. The number of carbonyl (C=O) groups excluding carboxylic acids is 1. The van der Waals surface area contributed by atoms with E-state index in [1.54, 1.807) is 29.9 Å². The molecule has 2 N–H and O–H groups in total. The molecule has 0 bridgehead atoms. The second kappa shape index (κ2) is 10.3. The van der Waals surface area contributed by atoms with Gasteiger partial charge in [-0.3, -0.25) is 4.84 Å². The highest BCUT2D eigenvalue weighted by Crippen LogP contribution is 2.33. The maximum atomic E-state index is 11.6. The molecular weight excluding hydrogens is 395 g/mol. The molecule has 0 saturated carbocycles. The van der Waals surface area contributed by atoms with Crippen molar-refractivity contribution in [2.45, 2.75) is 13.3 Å². The zero-order chi connectivity index (χ0) is 19.8. The minimum atomic E-state index is -0.445. The number of halogens is 2. The summed E-state index contributed by atoms with van der Waals surface area (Å²) in [6.07, 6.45) is 6.06.